The summed E-state index contributed by atoms with van der Waals surface area (Å²) in [5.74, 6) is 0. The normalized spacial score (nSPS) is 12.5. The third-order valence-electron chi connectivity index (χ3n) is 1.57. The lowest BCUT2D eigenvalue weighted by atomic mass is 10.4. The summed E-state index contributed by atoms with van der Waals surface area (Å²) >= 11 is 0. The molecule has 0 saturated carbocycles. The van der Waals surface area contributed by atoms with Crippen LogP contribution in [0.25, 0.3) is 0 Å². The first kappa shape index (κ1) is 12.7. The van der Waals surface area contributed by atoms with E-state index in [2.05, 4.69) is 4.98 Å². The van der Waals surface area contributed by atoms with Crippen LogP contribution in [0, 0.1) is 0 Å². The van der Waals surface area contributed by atoms with Crippen LogP contribution in [-0.2, 0) is 10.0 Å². The minimum Gasteiger partial charge on any atom is -0.375 e. The topological polar surface area (TPSA) is 85.1 Å². The number of alkyl halides is 3. The lowest BCUT2D eigenvalue weighted by molar-refractivity contribution is -0.115. The Kier molecular flexibility index (Phi) is 3.38. The fourth-order valence-corrected chi connectivity index (χ4v) is 1.60. The van der Waals surface area contributed by atoms with Gasteiger partial charge >= 0.3 is 6.18 Å². The number of nitrogens with two attached hydrogens (primary N) is 1. The van der Waals surface area contributed by atoms with E-state index in [1.54, 1.807) is 0 Å². The fourth-order valence-electron chi connectivity index (χ4n) is 0.948. The molecular weight excluding hydrogens is 247 g/mol. The molecule has 0 aromatic carbocycles. The zero-order valence-electron chi connectivity index (χ0n) is 7.82. The second-order valence-electron chi connectivity index (χ2n) is 2.89. The molecule has 0 bridgehead atoms. The Morgan fingerprint density at radius 2 is 2.06 bits per heavy atom. The van der Waals surface area contributed by atoms with Gasteiger partial charge in [-0.1, -0.05) is 0 Å². The van der Waals surface area contributed by atoms with Crippen LogP contribution in [0.3, 0.4) is 0 Å². The van der Waals surface area contributed by atoms with Gasteiger partial charge in [-0.25, -0.2) is 13.6 Å². The second kappa shape index (κ2) is 4.26. The molecule has 0 fully saturated rings. The Bertz CT molecular complexity index is 472. The summed E-state index contributed by atoms with van der Waals surface area (Å²) in [6.07, 6.45) is -2.40. The smallest absolute Gasteiger partial charge is 0.375 e. The lowest BCUT2D eigenvalue weighted by Gasteiger charge is -2.11. The number of pyridine rings is 1. The van der Waals surface area contributed by atoms with E-state index in [1.807, 2.05) is 5.32 Å². The molecule has 0 aliphatic heterocycles. The highest BCUT2D eigenvalue weighted by Crippen LogP contribution is 2.21. The monoisotopic (exact) mass is 255 g/mol. The molecule has 0 amide bonds. The molecule has 16 heavy (non-hydrogen) atoms. The number of rotatable bonds is 3. The predicted octanol–water partition coefficient (Wildman–Crippen LogP) is 0.703. The van der Waals surface area contributed by atoms with Gasteiger partial charge in [0.25, 0.3) is 0 Å². The van der Waals surface area contributed by atoms with E-state index in [0.29, 0.717) is 0 Å². The molecule has 90 valence electrons. The van der Waals surface area contributed by atoms with Crippen molar-refractivity contribution in [1.82, 2.24) is 4.98 Å². The van der Waals surface area contributed by atoms with Gasteiger partial charge in [0.15, 0.2) is 0 Å². The first-order valence-electron chi connectivity index (χ1n) is 3.97. The summed E-state index contributed by atoms with van der Waals surface area (Å²) < 4.78 is 57.7. The Balaban J connectivity index is 2.97. The molecule has 9 heteroatoms. The van der Waals surface area contributed by atoms with E-state index in [4.69, 9.17) is 5.14 Å². The predicted molar refractivity (Wildman–Crippen MR) is 50.2 cm³/mol. The largest absolute Gasteiger partial charge is 0.405 e. The summed E-state index contributed by atoms with van der Waals surface area (Å²) in [7, 11) is -4.09. The Morgan fingerprint density at radius 3 is 2.56 bits per heavy atom. The summed E-state index contributed by atoms with van der Waals surface area (Å²) in [5, 5.41) is 6.74. The zero-order chi connectivity index (χ0) is 12.4. The van der Waals surface area contributed by atoms with Gasteiger partial charge in [-0.05, 0) is 6.07 Å². The molecule has 0 spiro atoms. The van der Waals surface area contributed by atoms with Gasteiger partial charge < -0.3 is 5.32 Å². The maximum absolute atomic E-state index is 11.9. The van der Waals surface area contributed by atoms with E-state index in [1.165, 1.54) is 0 Å². The molecule has 1 heterocycles. The van der Waals surface area contributed by atoms with Crippen molar-refractivity contribution in [2.45, 2.75) is 11.1 Å². The molecule has 1 aromatic heterocycles. The van der Waals surface area contributed by atoms with Gasteiger partial charge in [-0.3, -0.25) is 4.98 Å². The quantitative estimate of drug-likeness (QED) is 0.832. The van der Waals surface area contributed by atoms with Gasteiger partial charge in [0.1, 0.15) is 11.4 Å². The fraction of sp³-hybridized carbons (Fsp3) is 0.286. The number of sulfonamides is 1. The van der Waals surface area contributed by atoms with Crippen molar-refractivity contribution in [3.8, 4) is 0 Å². The number of anilines is 1. The third-order valence-corrected chi connectivity index (χ3v) is 2.51. The van der Waals surface area contributed by atoms with Crippen molar-refractivity contribution < 1.29 is 21.6 Å². The Labute approximate surface area is 89.5 Å². The maximum Gasteiger partial charge on any atom is 0.405 e. The van der Waals surface area contributed by atoms with Crippen molar-refractivity contribution in [1.29, 1.82) is 0 Å². The standard InChI is InChI=1S/C7H8F3N3O2S/c8-7(9,10)4-13-5-1-2-12-3-6(5)16(11,14)15/h1-3H,4H2,(H,12,13)(H2,11,14,15). The molecular formula is C7H8F3N3O2S. The highest BCUT2D eigenvalue weighted by molar-refractivity contribution is 7.89. The summed E-state index contributed by atoms with van der Waals surface area (Å²) in [6.45, 7) is -1.35. The van der Waals surface area contributed by atoms with E-state index >= 15 is 0 Å². The van der Waals surface area contributed by atoms with Crippen LogP contribution in [0.15, 0.2) is 23.4 Å². The van der Waals surface area contributed by atoms with E-state index in [9.17, 15) is 21.6 Å². The summed E-state index contributed by atoms with van der Waals surface area (Å²) in [4.78, 5) is 3.00. The number of primary sulfonamides is 1. The van der Waals surface area contributed by atoms with Crippen LogP contribution >= 0.6 is 0 Å². The van der Waals surface area contributed by atoms with Crippen molar-refractivity contribution in [3.63, 3.8) is 0 Å². The Morgan fingerprint density at radius 1 is 1.44 bits per heavy atom. The molecule has 0 aliphatic rings. The van der Waals surface area contributed by atoms with Crippen LogP contribution in [0.5, 0.6) is 0 Å². The van der Waals surface area contributed by atoms with Crippen LogP contribution in [0.2, 0.25) is 0 Å². The number of aromatic nitrogens is 1. The number of hydrogen-bond donors (Lipinski definition) is 2. The molecule has 0 saturated heterocycles. The van der Waals surface area contributed by atoms with Crippen LogP contribution in [-0.4, -0.2) is 26.1 Å². The SMILES string of the molecule is NS(=O)(=O)c1cnccc1NCC(F)(F)F. The number of nitrogens with one attached hydrogen (secondary N) is 1. The van der Waals surface area contributed by atoms with Gasteiger partial charge in [0.2, 0.25) is 10.0 Å². The number of halogens is 3. The number of hydrogen-bond acceptors (Lipinski definition) is 4. The molecule has 1 aromatic rings. The van der Waals surface area contributed by atoms with E-state index in [0.717, 1.165) is 18.5 Å². The molecule has 0 aliphatic carbocycles. The molecule has 1 rings (SSSR count). The number of nitrogens with zero attached hydrogens (tertiary/aromatic N) is 1. The van der Waals surface area contributed by atoms with E-state index < -0.39 is 27.6 Å². The maximum atomic E-state index is 11.9. The van der Waals surface area contributed by atoms with Crippen LogP contribution in [0.1, 0.15) is 0 Å². The molecule has 0 radical (unpaired) electrons. The van der Waals surface area contributed by atoms with Crippen molar-refractivity contribution in [3.05, 3.63) is 18.5 Å². The highest BCUT2D eigenvalue weighted by atomic mass is 32.2. The molecule has 0 unspecified atom stereocenters. The Hall–Kier alpha value is -1.35. The third kappa shape index (κ3) is 3.66. The highest BCUT2D eigenvalue weighted by Gasteiger charge is 2.27. The van der Waals surface area contributed by atoms with Crippen molar-refractivity contribution in [2.24, 2.45) is 5.14 Å². The van der Waals surface area contributed by atoms with Gasteiger partial charge in [-0.15, -0.1) is 0 Å². The first-order chi connectivity index (χ1) is 7.20. The van der Waals surface area contributed by atoms with Crippen LogP contribution in [0.4, 0.5) is 18.9 Å². The second-order valence-corrected chi connectivity index (χ2v) is 4.42. The van der Waals surface area contributed by atoms with Crippen molar-refractivity contribution >= 4 is 15.7 Å². The average molecular weight is 255 g/mol. The molecule has 5 nitrogen and oxygen atoms in total. The average Bonchev–Trinajstić information content (AvgIpc) is 2.12. The van der Waals surface area contributed by atoms with Gasteiger partial charge in [0.05, 0.1) is 5.69 Å². The minimum absolute atomic E-state index is 0.227. The molecule has 3 N–H and O–H groups in total. The summed E-state index contributed by atoms with van der Waals surface area (Å²) in [6, 6.07) is 1.10. The lowest BCUT2D eigenvalue weighted by Crippen LogP contribution is -2.23. The van der Waals surface area contributed by atoms with Crippen molar-refractivity contribution in [2.75, 3.05) is 11.9 Å². The van der Waals surface area contributed by atoms with Gasteiger partial charge in [0, 0.05) is 12.4 Å². The van der Waals surface area contributed by atoms with Gasteiger partial charge in [-0.2, -0.15) is 13.2 Å². The zero-order valence-corrected chi connectivity index (χ0v) is 8.64. The minimum atomic E-state index is -4.45. The summed E-state index contributed by atoms with van der Waals surface area (Å²) in [5.41, 5.74) is -0.227. The van der Waals surface area contributed by atoms with Crippen LogP contribution < -0.4 is 10.5 Å². The molecule has 0 atom stereocenters. The van der Waals surface area contributed by atoms with E-state index in [-0.39, 0.29) is 5.69 Å². The first-order valence-corrected chi connectivity index (χ1v) is 5.52.